The van der Waals surface area contributed by atoms with E-state index in [0.717, 1.165) is 17.7 Å². The number of rotatable bonds is 5. The molecule has 0 aliphatic rings. The summed E-state index contributed by atoms with van der Waals surface area (Å²) in [6, 6.07) is 22.1. The lowest BCUT2D eigenvalue weighted by molar-refractivity contribution is -0.705. The Hall–Kier alpha value is -2.94. The van der Waals surface area contributed by atoms with Crippen molar-refractivity contribution >= 4 is 11.6 Å². The molecule has 25 heavy (non-hydrogen) atoms. The fourth-order valence-electron chi connectivity index (χ4n) is 2.78. The molecule has 3 rings (SSSR count). The van der Waals surface area contributed by atoms with Gasteiger partial charge in [0, 0.05) is 24.7 Å². The van der Waals surface area contributed by atoms with Crippen LogP contribution in [-0.4, -0.2) is 5.91 Å². The predicted molar refractivity (Wildman–Crippen MR) is 100 cm³/mol. The van der Waals surface area contributed by atoms with Crippen molar-refractivity contribution in [2.24, 2.45) is 0 Å². The highest BCUT2D eigenvalue weighted by Crippen LogP contribution is 2.12. The fourth-order valence-corrected chi connectivity index (χ4v) is 2.78. The number of amides is 1. The highest BCUT2D eigenvalue weighted by molar-refractivity contribution is 5.92. The molecule has 3 heteroatoms. The zero-order valence-corrected chi connectivity index (χ0v) is 14.6. The Bertz CT molecular complexity index is 841. The van der Waals surface area contributed by atoms with Crippen LogP contribution < -0.4 is 9.88 Å². The van der Waals surface area contributed by atoms with E-state index in [2.05, 4.69) is 41.7 Å². The first kappa shape index (κ1) is 16.9. The molecule has 3 nitrogen and oxygen atoms in total. The third-order valence-electron chi connectivity index (χ3n) is 4.28. The Kier molecular flexibility index (Phi) is 5.24. The van der Waals surface area contributed by atoms with Crippen molar-refractivity contribution in [1.82, 2.24) is 0 Å². The summed E-state index contributed by atoms with van der Waals surface area (Å²) in [5.41, 5.74) is 4.47. The first-order valence-corrected chi connectivity index (χ1v) is 8.53. The number of carbonyl (C=O) groups is 1. The van der Waals surface area contributed by atoms with Gasteiger partial charge in [-0.2, -0.15) is 4.57 Å². The van der Waals surface area contributed by atoms with Gasteiger partial charge in [-0.1, -0.05) is 42.5 Å². The molecular formula is C22H23N2O+. The third kappa shape index (κ3) is 4.54. The Morgan fingerprint density at radius 3 is 2.32 bits per heavy atom. The third-order valence-corrected chi connectivity index (χ3v) is 4.28. The molecule has 1 amide bonds. The van der Waals surface area contributed by atoms with Gasteiger partial charge in [0.2, 0.25) is 6.04 Å². The van der Waals surface area contributed by atoms with E-state index in [0.29, 0.717) is 0 Å². The van der Waals surface area contributed by atoms with Gasteiger partial charge >= 0.3 is 0 Å². The van der Waals surface area contributed by atoms with Crippen LogP contribution >= 0.6 is 0 Å². The topological polar surface area (TPSA) is 33.0 Å². The van der Waals surface area contributed by atoms with Crippen molar-refractivity contribution in [1.29, 1.82) is 0 Å². The van der Waals surface area contributed by atoms with E-state index in [1.807, 2.05) is 61.1 Å². The van der Waals surface area contributed by atoms with E-state index in [9.17, 15) is 4.79 Å². The molecule has 0 saturated carbocycles. The van der Waals surface area contributed by atoms with E-state index < -0.39 is 0 Å². The van der Waals surface area contributed by atoms with Gasteiger partial charge in [0.15, 0.2) is 12.4 Å². The first-order chi connectivity index (χ1) is 12.1. The largest absolute Gasteiger partial charge is 0.320 e. The maximum atomic E-state index is 12.5. The lowest BCUT2D eigenvalue weighted by atomic mass is 10.1. The van der Waals surface area contributed by atoms with E-state index in [1.54, 1.807) is 0 Å². The molecule has 0 saturated heterocycles. The summed E-state index contributed by atoms with van der Waals surface area (Å²) < 4.78 is 1.93. The predicted octanol–water partition coefficient (Wildman–Crippen LogP) is 4.07. The Morgan fingerprint density at radius 2 is 1.64 bits per heavy atom. The summed E-state index contributed by atoms with van der Waals surface area (Å²) in [7, 11) is 0. The number of carbonyl (C=O) groups excluding carboxylic acids is 1. The Labute approximate surface area is 149 Å². The van der Waals surface area contributed by atoms with Crippen LogP contribution in [0.25, 0.3) is 0 Å². The molecule has 0 bridgehead atoms. The van der Waals surface area contributed by atoms with Crippen molar-refractivity contribution in [3.8, 4) is 0 Å². The summed E-state index contributed by atoms with van der Waals surface area (Å²) in [6.45, 7) is 3.92. The highest BCUT2D eigenvalue weighted by Gasteiger charge is 2.21. The van der Waals surface area contributed by atoms with Crippen LogP contribution in [0, 0.1) is 6.92 Å². The maximum absolute atomic E-state index is 12.5. The van der Waals surface area contributed by atoms with Gasteiger partial charge in [-0.25, -0.2) is 0 Å². The smallest absolute Gasteiger partial charge is 0.293 e. The number of benzene rings is 2. The summed E-state index contributed by atoms with van der Waals surface area (Å²) >= 11 is 0. The van der Waals surface area contributed by atoms with E-state index in [-0.39, 0.29) is 11.9 Å². The number of nitrogens with zero attached hydrogens (tertiary/aromatic N) is 1. The Balaban J connectivity index is 1.65. The molecule has 0 unspecified atom stereocenters. The van der Waals surface area contributed by atoms with Gasteiger partial charge in [0.25, 0.3) is 5.91 Å². The minimum atomic E-state index is -0.272. The zero-order chi connectivity index (χ0) is 17.6. The number of anilines is 1. The molecule has 1 atom stereocenters. The second-order valence-electron chi connectivity index (χ2n) is 6.35. The summed E-state index contributed by atoms with van der Waals surface area (Å²) in [4.78, 5) is 12.5. The quantitative estimate of drug-likeness (QED) is 0.702. The molecule has 0 fully saturated rings. The zero-order valence-electron chi connectivity index (χ0n) is 14.6. The van der Waals surface area contributed by atoms with Crippen LogP contribution in [0.15, 0.2) is 79.1 Å². The average molecular weight is 331 g/mol. The van der Waals surface area contributed by atoms with E-state index in [4.69, 9.17) is 0 Å². The molecule has 1 aromatic heterocycles. The van der Waals surface area contributed by atoms with Gasteiger partial charge < -0.3 is 5.32 Å². The van der Waals surface area contributed by atoms with Gasteiger partial charge in [-0.15, -0.1) is 0 Å². The van der Waals surface area contributed by atoms with Crippen molar-refractivity contribution in [3.05, 3.63) is 95.8 Å². The molecule has 2 aromatic carbocycles. The standard InChI is InChI=1S/C22H22N2O/c1-17-7-6-10-21(15-17)23-22(25)18(2)24-13-11-20(12-14-24)16-19-8-4-3-5-9-19/h3-15,18H,16H2,1-2H3/p+1/t18-/m1/s1. The maximum Gasteiger partial charge on any atom is 0.293 e. The molecule has 0 radical (unpaired) electrons. The number of pyridine rings is 1. The van der Waals surface area contributed by atoms with Crippen molar-refractivity contribution in [2.75, 3.05) is 5.32 Å². The molecule has 0 aliphatic heterocycles. The molecule has 0 spiro atoms. The van der Waals surface area contributed by atoms with Gasteiger partial charge in [-0.3, -0.25) is 4.79 Å². The van der Waals surface area contributed by atoms with Gasteiger partial charge in [0.05, 0.1) is 0 Å². The molecule has 1 heterocycles. The summed E-state index contributed by atoms with van der Waals surface area (Å²) in [5.74, 6) is -0.0218. The van der Waals surface area contributed by atoms with Crippen molar-refractivity contribution in [2.45, 2.75) is 26.3 Å². The number of aryl methyl sites for hydroxylation is 1. The van der Waals surface area contributed by atoms with Crippen LogP contribution in [0.4, 0.5) is 5.69 Å². The number of hydrogen-bond donors (Lipinski definition) is 1. The molecule has 3 aromatic rings. The van der Waals surface area contributed by atoms with Crippen molar-refractivity contribution in [3.63, 3.8) is 0 Å². The fraction of sp³-hybridized carbons (Fsp3) is 0.182. The average Bonchev–Trinajstić information content (AvgIpc) is 2.62. The van der Waals surface area contributed by atoms with Crippen LogP contribution in [-0.2, 0) is 11.2 Å². The molecular weight excluding hydrogens is 308 g/mol. The molecule has 0 aliphatic carbocycles. The van der Waals surface area contributed by atoms with E-state index >= 15 is 0 Å². The van der Waals surface area contributed by atoms with E-state index in [1.165, 1.54) is 11.1 Å². The SMILES string of the molecule is Cc1cccc(NC(=O)[C@@H](C)[n+]2ccc(Cc3ccccc3)cc2)c1. The normalized spacial score (nSPS) is 11.8. The highest BCUT2D eigenvalue weighted by atomic mass is 16.2. The van der Waals surface area contributed by atoms with Crippen LogP contribution in [0.3, 0.4) is 0 Å². The minimum Gasteiger partial charge on any atom is -0.320 e. The minimum absolute atomic E-state index is 0.0218. The van der Waals surface area contributed by atoms with Gasteiger partial charge in [0.1, 0.15) is 0 Å². The monoisotopic (exact) mass is 331 g/mol. The number of aromatic nitrogens is 1. The summed E-state index contributed by atoms with van der Waals surface area (Å²) in [5, 5.41) is 2.98. The first-order valence-electron chi connectivity index (χ1n) is 8.53. The second kappa shape index (κ2) is 7.75. The van der Waals surface area contributed by atoms with Gasteiger partial charge in [-0.05, 0) is 42.2 Å². The lowest BCUT2D eigenvalue weighted by Gasteiger charge is -2.10. The lowest BCUT2D eigenvalue weighted by Crippen LogP contribution is -2.44. The van der Waals surface area contributed by atoms with Crippen LogP contribution in [0.5, 0.6) is 0 Å². The van der Waals surface area contributed by atoms with Crippen LogP contribution in [0.2, 0.25) is 0 Å². The summed E-state index contributed by atoms with van der Waals surface area (Å²) in [6.07, 6.45) is 4.84. The van der Waals surface area contributed by atoms with Crippen LogP contribution in [0.1, 0.15) is 29.7 Å². The van der Waals surface area contributed by atoms with Crippen molar-refractivity contribution < 1.29 is 9.36 Å². The number of hydrogen-bond acceptors (Lipinski definition) is 1. The second-order valence-corrected chi connectivity index (χ2v) is 6.35. The number of nitrogens with one attached hydrogen (secondary N) is 1. The molecule has 1 N–H and O–H groups in total. The molecule has 126 valence electrons. The Morgan fingerprint density at radius 1 is 0.960 bits per heavy atom.